The number of esters is 2. The van der Waals surface area contributed by atoms with Gasteiger partial charge in [-0.1, -0.05) is 6.92 Å². The Morgan fingerprint density at radius 1 is 1.00 bits per heavy atom. The Hall–Kier alpha value is -2.08. The monoisotopic (exact) mass is 786 g/mol. The van der Waals surface area contributed by atoms with Gasteiger partial charge < -0.3 is 58.4 Å². The minimum absolute atomic E-state index is 0.0195. The first-order valence-corrected chi connectivity index (χ1v) is 20.0. The van der Waals surface area contributed by atoms with E-state index in [1.807, 2.05) is 41.9 Å². The molecule has 0 amide bonds. The summed E-state index contributed by atoms with van der Waals surface area (Å²) in [5.41, 5.74) is 3.18. The molecular formula is C40H71N3O12. The van der Waals surface area contributed by atoms with E-state index < -0.39 is 66.1 Å². The highest BCUT2D eigenvalue weighted by molar-refractivity contribution is 5.72. The van der Waals surface area contributed by atoms with Crippen LogP contribution in [0, 0.1) is 17.8 Å². The Labute approximate surface area is 328 Å². The van der Waals surface area contributed by atoms with Crippen LogP contribution >= 0.6 is 0 Å². The summed E-state index contributed by atoms with van der Waals surface area (Å²) >= 11 is 0. The third-order valence-corrected chi connectivity index (χ3v) is 12.3. The van der Waals surface area contributed by atoms with Gasteiger partial charge in [-0.3, -0.25) is 14.5 Å². The number of hydrogen-bond acceptors (Lipinski definition) is 15. The first-order valence-electron chi connectivity index (χ1n) is 20.0. The van der Waals surface area contributed by atoms with Crippen molar-refractivity contribution in [3.63, 3.8) is 0 Å². The lowest BCUT2D eigenvalue weighted by Crippen LogP contribution is -2.59. The van der Waals surface area contributed by atoms with E-state index in [1.54, 1.807) is 20.8 Å². The number of aliphatic hydroxyl groups is 1. The van der Waals surface area contributed by atoms with Gasteiger partial charge in [0.15, 0.2) is 18.7 Å². The van der Waals surface area contributed by atoms with Crippen molar-refractivity contribution in [3.05, 3.63) is 12.5 Å². The summed E-state index contributed by atoms with van der Waals surface area (Å²) in [6.07, 6.45) is -3.20. The number of nitrogens with two attached hydrogens (primary N) is 1. The van der Waals surface area contributed by atoms with Crippen molar-refractivity contribution in [3.8, 4) is 0 Å². The van der Waals surface area contributed by atoms with Crippen molar-refractivity contribution < 1.29 is 57.3 Å². The first kappa shape index (κ1) is 45.6. The zero-order valence-corrected chi connectivity index (χ0v) is 35.4. The Balaban J connectivity index is 1.72. The lowest BCUT2D eigenvalue weighted by Gasteiger charge is -2.47. The molecular weight excluding hydrogens is 714 g/mol. The van der Waals surface area contributed by atoms with Crippen LogP contribution in [0.2, 0.25) is 0 Å². The first-order chi connectivity index (χ1) is 25.7. The van der Waals surface area contributed by atoms with Crippen LogP contribution in [-0.2, 0) is 52.2 Å². The largest absolute Gasteiger partial charge is 0.465 e. The molecule has 4 rings (SSSR count). The molecule has 4 aliphatic rings. The fourth-order valence-corrected chi connectivity index (χ4v) is 8.78. The van der Waals surface area contributed by atoms with Crippen LogP contribution in [0.3, 0.4) is 0 Å². The minimum Gasteiger partial charge on any atom is -0.465 e. The van der Waals surface area contributed by atoms with E-state index in [2.05, 4.69) is 30.2 Å². The molecule has 4 saturated heterocycles. The van der Waals surface area contributed by atoms with Gasteiger partial charge >= 0.3 is 11.9 Å². The lowest BCUT2D eigenvalue weighted by molar-refractivity contribution is -0.301. The van der Waals surface area contributed by atoms with Crippen molar-refractivity contribution in [2.75, 3.05) is 47.9 Å². The molecule has 4 aliphatic heterocycles. The Morgan fingerprint density at radius 2 is 1.69 bits per heavy atom. The molecule has 3 N–H and O–H groups in total. The van der Waals surface area contributed by atoms with Gasteiger partial charge in [-0.15, -0.1) is 0 Å². The minimum atomic E-state index is -1.38. The molecule has 0 radical (unpaired) electrons. The quantitative estimate of drug-likeness (QED) is 0.344. The van der Waals surface area contributed by atoms with Crippen LogP contribution in [-0.4, -0.2) is 153 Å². The summed E-state index contributed by atoms with van der Waals surface area (Å²) in [6, 6.07) is 0.118. The maximum atomic E-state index is 14.1. The van der Waals surface area contributed by atoms with Crippen molar-refractivity contribution >= 4 is 11.9 Å². The highest BCUT2D eigenvalue weighted by atomic mass is 16.7. The van der Waals surface area contributed by atoms with E-state index in [0.717, 1.165) is 6.42 Å². The van der Waals surface area contributed by atoms with Crippen molar-refractivity contribution in [1.29, 1.82) is 0 Å². The third-order valence-electron chi connectivity index (χ3n) is 12.3. The zero-order chi connectivity index (χ0) is 41.0. The lowest BCUT2D eigenvalue weighted by atomic mass is 9.83. The fraction of sp³-hybridized carbons (Fsp3) is 0.900. The number of fused-ring (bicyclic) bond motifs is 1. The normalized spacial score (nSPS) is 44.3. The zero-order valence-electron chi connectivity index (χ0n) is 35.4. The topological polar surface area (TPSA) is 170 Å². The van der Waals surface area contributed by atoms with Gasteiger partial charge in [0.05, 0.1) is 48.4 Å². The standard InChI is InChI=1S/C40H71N3O12/c1-22-17-39(8,46)32(54-34-15-29(42(10)11)14-23(2)49-34)16-31(53-35-18-40(9,47-13)37(27(6)51-35)55-33(44)19-41)24(3)38(45)48-21-30-26(5)50-28(7)52-36(30)25(4)43(12)20-22/h22-27,29-32,34-37,46H,7,14-21,41H2,1-6,8-13H3/t22-,23-,24-,25-,26?,27+,29+,30?,31+,32-,34+,35+,36+,37+,39-,40-/m1/s1. The number of cyclic esters (lactones) is 1. The van der Waals surface area contributed by atoms with Gasteiger partial charge in [-0.2, -0.15) is 0 Å². The van der Waals surface area contributed by atoms with Gasteiger partial charge in [0.25, 0.3) is 5.95 Å². The number of carbonyl (C=O) groups is 2. The third kappa shape index (κ3) is 11.5. The molecule has 15 nitrogen and oxygen atoms in total. The van der Waals surface area contributed by atoms with E-state index >= 15 is 0 Å². The number of carbonyl (C=O) groups excluding carboxylic acids is 2. The van der Waals surface area contributed by atoms with E-state index in [9.17, 15) is 14.7 Å². The van der Waals surface area contributed by atoms with Gasteiger partial charge in [0.1, 0.15) is 24.4 Å². The van der Waals surface area contributed by atoms with Gasteiger partial charge in [-0.05, 0) is 94.9 Å². The molecule has 0 aromatic carbocycles. The van der Waals surface area contributed by atoms with Crippen LogP contribution in [0.4, 0.5) is 0 Å². The summed E-state index contributed by atoms with van der Waals surface area (Å²) in [5, 5.41) is 12.5. The smallest absolute Gasteiger partial charge is 0.320 e. The average Bonchev–Trinajstić information content (AvgIpc) is 3.10. The van der Waals surface area contributed by atoms with Crippen molar-refractivity contribution in [2.24, 2.45) is 23.5 Å². The maximum absolute atomic E-state index is 14.1. The molecule has 0 aromatic rings. The van der Waals surface area contributed by atoms with Crippen LogP contribution in [0.5, 0.6) is 0 Å². The number of methoxy groups -OCH3 is 1. The number of rotatable bonds is 8. The molecule has 55 heavy (non-hydrogen) atoms. The number of nitrogens with zero attached hydrogens (tertiary/aromatic N) is 2. The average molecular weight is 786 g/mol. The highest BCUT2D eigenvalue weighted by Gasteiger charge is 2.51. The number of likely N-dealkylation sites (N-methyl/N-ethyl adjacent to an activating group) is 1. The molecule has 0 saturated carbocycles. The predicted octanol–water partition coefficient (Wildman–Crippen LogP) is 3.19. The van der Waals surface area contributed by atoms with E-state index in [-0.39, 0.29) is 74.2 Å². The molecule has 16 atom stereocenters. The molecule has 0 bridgehead atoms. The van der Waals surface area contributed by atoms with E-state index in [4.69, 9.17) is 48.4 Å². The van der Waals surface area contributed by atoms with Gasteiger partial charge in [0, 0.05) is 45.0 Å². The summed E-state index contributed by atoms with van der Waals surface area (Å²) < 4.78 is 56.0. The second-order valence-corrected chi connectivity index (χ2v) is 17.3. The van der Waals surface area contributed by atoms with Crippen molar-refractivity contribution in [1.82, 2.24) is 9.80 Å². The summed E-state index contributed by atoms with van der Waals surface area (Å²) in [5.74, 6) is -1.94. The summed E-state index contributed by atoms with van der Waals surface area (Å²) in [4.78, 5) is 30.8. The van der Waals surface area contributed by atoms with Crippen molar-refractivity contribution in [2.45, 2.75) is 166 Å². The fourth-order valence-electron chi connectivity index (χ4n) is 8.78. The van der Waals surface area contributed by atoms with Gasteiger partial charge in [0.2, 0.25) is 0 Å². The SMILES string of the molecule is C=C1OC(C)C2COC(=O)[C@H](C)[C@@H](O[C@H]3C[C@@](C)(OC)[C@@H](OC(=O)CN)[C@H](C)O3)C[C@@H](O[C@H]3C[C@@H](N(C)C)C[C@@H](C)O3)[C@](C)(O)C[C@@H](C)CN(C)[C@H](C)[C@@H]2O1. The Kier molecular flexibility index (Phi) is 15.9. The van der Waals surface area contributed by atoms with Crippen LogP contribution in [0.25, 0.3) is 0 Å². The van der Waals surface area contributed by atoms with Gasteiger partial charge in [-0.25, -0.2) is 0 Å². The molecule has 15 heteroatoms. The Morgan fingerprint density at radius 3 is 2.33 bits per heavy atom. The Bertz CT molecular complexity index is 1290. The highest BCUT2D eigenvalue weighted by Crippen LogP contribution is 2.39. The molecule has 4 fully saturated rings. The van der Waals surface area contributed by atoms with Crippen LogP contribution in [0.1, 0.15) is 87.5 Å². The summed E-state index contributed by atoms with van der Waals surface area (Å²) in [6.45, 7) is 19.6. The van der Waals surface area contributed by atoms with Crippen LogP contribution < -0.4 is 5.73 Å². The second-order valence-electron chi connectivity index (χ2n) is 17.3. The number of ether oxygens (including phenoxy) is 9. The molecule has 0 spiro atoms. The van der Waals surface area contributed by atoms with Crippen LogP contribution in [0.15, 0.2) is 12.5 Å². The molecule has 0 aliphatic carbocycles. The maximum Gasteiger partial charge on any atom is 0.320 e. The summed E-state index contributed by atoms with van der Waals surface area (Å²) in [7, 11) is 7.65. The molecule has 2 unspecified atom stereocenters. The molecule has 318 valence electrons. The predicted molar refractivity (Wildman–Crippen MR) is 203 cm³/mol. The molecule has 0 aromatic heterocycles. The van der Waals surface area contributed by atoms with E-state index in [1.165, 1.54) is 7.11 Å². The molecule has 4 heterocycles. The number of hydrogen-bond donors (Lipinski definition) is 2. The second kappa shape index (κ2) is 19.1. The van der Waals surface area contributed by atoms with E-state index in [0.29, 0.717) is 19.4 Å².